The molecule has 1 heterocycles. The third-order valence-corrected chi connectivity index (χ3v) is 6.15. The van der Waals surface area contributed by atoms with E-state index >= 15 is 0 Å². The first-order valence-electron chi connectivity index (χ1n) is 12.4. The highest BCUT2D eigenvalue weighted by molar-refractivity contribution is 6.06. The van der Waals surface area contributed by atoms with E-state index in [-0.39, 0.29) is 18.2 Å². The molecule has 0 bridgehead atoms. The molecular formula is C29H32N4O4. The molecule has 0 saturated carbocycles. The summed E-state index contributed by atoms with van der Waals surface area (Å²) in [7, 11) is 0. The van der Waals surface area contributed by atoms with Gasteiger partial charge in [-0.05, 0) is 56.3 Å². The fourth-order valence-corrected chi connectivity index (χ4v) is 4.44. The summed E-state index contributed by atoms with van der Waals surface area (Å²) in [6, 6.07) is 19.3. The molecule has 0 saturated heterocycles. The van der Waals surface area contributed by atoms with Crippen molar-refractivity contribution < 1.29 is 19.1 Å². The van der Waals surface area contributed by atoms with E-state index in [0.29, 0.717) is 34.8 Å². The van der Waals surface area contributed by atoms with E-state index in [1.165, 1.54) is 0 Å². The van der Waals surface area contributed by atoms with Crippen LogP contribution in [0.1, 0.15) is 45.7 Å². The van der Waals surface area contributed by atoms with E-state index in [0.717, 1.165) is 17.2 Å². The molecule has 1 aliphatic heterocycles. The van der Waals surface area contributed by atoms with Crippen LogP contribution in [0.5, 0.6) is 0 Å². The first kappa shape index (κ1) is 25.8. The van der Waals surface area contributed by atoms with Crippen LogP contribution in [0.3, 0.4) is 0 Å². The van der Waals surface area contributed by atoms with Crippen LogP contribution in [0.4, 0.5) is 21.0 Å². The van der Waals surface area contributed by atoms with Gasteiger partial charge in [-0.2, -0.15) is 0 Å². The van der Waals surface area contributed by atoms with Gasteiger partial charge >= 0.3 is 18.0 Å². The third-order valence-electron chi connectivity index (χ3n) is 6.15. The van der Waals surface area contributed by atoms with Gasteiger partial charge in [-0.1, -0.05) is 55.5 Å². The van der Waals surface area contributed by atoms with Gasteiger partial charge < -0.3 is 20.7 Å². The Morgan fingerprint density at radius 3 is 2.41 bits per heavy atom. The standard InChI is InChI=1S/C29H32N4O4/c1-5-17-33-19(4)25(27(34)37-18(2)3)26(32-29(33)36)21-13-15-22(16-14-21)30-28(35)31-24-12-8-10-20-9-6-7-11-23(20)24/h6-16,18,26H,5,17H2,1-4H3,(H,32,36)(H2,30,31,35). The van der Waals surface area contributed by atoms with Crippen LogP contribution in [0.15, 0.2) is 78.0 Å². The lowest BCUT2D eigenvalue weighted by Gasteiger charge is -2.35. The van der Waals surface area contributed by atoms with Gasteiger partial charge in [0.05, 0.1) is 23.4 Å². The van der Waals surface area contributed by atoms with E-state index in [9.17, 15) is 14.4 Å². The zero-order chi connectivity index (χ0) is 26.5. The molecular weight excluding hydrogens is 468 g/mol. The molecule has 0 aliphatic carbocycles. The smallest absolute Gasteiger partial charge is 0.338 e. The number of amides is 4. The van der Waals surface area contributed by atoms with E-state index in [1.54, 1.807) is 49.9 Å². The predicted molar refractivity (Wildman–Crippen MR) is 145 cm³/mol. The van der Waals surface area contributed by atoms with Crippen LogP contribution in [0.2, 0.25) is 0 Å². The second-order valence-electron chi connectivity index (χ2n) is 9.22. The van der Waals surface area contributed by atoms with E-state index < -0.39 is 12.0 Å². The molecule has 0 fully saturated rings. The number of hydrogen-bond acceptors (Lipinski definition) is 4. The number of urea groups is 2. The first-order valence-corrected chi connectivity index (χ1v) is 12.4. The Bertz CT molecular complexity index is 1340. The second kappa shape index (κ2) is 11.2. The van der Waals surface area contributed by atoms with Gasteiger partial charge in [0, 0.05) is 23.3 Å². The quantitative estimate of drug-likeness (QED) is 0.337. The Labute approximate surface area is 216 Å². The molecule has 3 aromatic rings. The van der Waals surface area contributed by atoms with E-state index in [1.807, 2.05) is 49.4 Å². The molecule has 0 spiro atoms. The number of anilines is 2. The monoisotopic (exact) mass is 500 g/mol. The van der Waals surface area contributed by atoms with Gasteiger partial charge in [0.15, 0.2) is 0 Å². The Kier molecular flexibility index (Phi) is 7.77. The van der Waals surface area contributed by atoms with Crippen molar-refractivity contribution in [1.29, 1.82) is 0 Å². The van der Waals surface area contributed by atoms with Gasteiger partial charge in [0.2, 0.25) is 0 Å². The number of rotatable bonds is 7. The number of fused-ring (bicyclic) bond motifs is 1. The SMILES string of the molecule is CCCN1C(=O)NC(c2ccc(NC(=O)Nc3cccc4ccccc34)cc2)C(C(=O)OC(C)C)=C1C. The number of allylic oxidation sites excluding steroid dienone is 1. The zero-order valence-corrected chi connectivity index (χ0v) is 21.5. The van der Waals surface area contributed by atoms with Crippen LogP contribution in [0, 0.1) is 0 Å². The Balaban J connectivity index is 1.53. The fourth-order valence-electron chi connectivity index (χ4n) is 4.44. The second-order valence-corrected chi connectivity index (χ2v) is 9.22. The number of carbonyl (C=O) groups is 3. The number of nitrogens with one attached hydrogen (secondary N) is 3. The molecule has 192 valence electrons. The van der Waals surface area contributed by atoms with Crippen molar-refractivity contribution in [2.45, 2.75) is 46.3 Å². The maximum atomic E-state index is 13.0. The maximum absolute atomic E-state index is 13.0. The highest BCUT2D eigenvalue weighted by atomic mass is 16.5. The normalized spacial score (nSPS) is 15.5. The molecule has 37 heavy (non-hydrogen) atoms. The van der Waals surface area contributed by atoms with Gasteiger partial charge in [-0.15, -0.1) is 0 Å². The van der Waals surface area contributed by atoms with E-state index in [2.05, 4.69) is 16.0 Å². The van der Waals surface area contributed by atoms with Crippen molar-refractivity contribution in [3.63, 3.8) is 0 Å². The number of carbonyl (C=O) groups excluding carboxylic acids is 3. The molecule has 8 heteroatoms. The van der Waals surface area contributed by atoms with Crippen molar-refractivity contribution in [2.75, 3.05) is 17.2 Å². The summed E-state index contributed by atoms with van der Waals surface area (Å²) in [5, 5.41) is 10.7. The summed E-state index contributed by atoms with van der Waals surface area (Å²) in [4.78, 5) is 40.1. The van der Waals surface area contributed by atoms with Crippen molar-refractivity contribution in [3.8, 4) is 0 Å². The molecule has 8 nitrogen and oxygen atoms in total. The molecule has 3 aromatic carbocycles. The highest BCUT2D eigenvalue weighted by Crippen LogP contribution is 2.32. The number of esters is 1. The predicted octanol–water partition coefficient (Wildman–Crippen LogP) is 6.19. The summed E-state index contributed by atoms with van der Waals surface area (Å²) in [5.74, 6) is -0.463. The maximum Gasteiger partial charge on any atom is 0.338 e. The average molecular weight is 501 g/mol. The Hall–Kier alpha value is -4.33. The van der Waals surface area contributed by atoms with E-state index in [4.69, 9.17) is 4.74 Å². The van der Waals surface area contributed by atoms with Crippen molar-refractivity contribution in [2.24, 2.45) is 0 Å². The minimum Gasteiger partial charge on any atom is -0.459 e. The number of hydrogen-bond donors (Lipinski definition) is 3. The molecule has 0 radical (unpaired) electrons. The molecule has 4 rings (SSSR count). The summed E-state index contributed by atoms with van der Waals surface area (Å²) in [6.07, 6.45) is 0.459. The lowest BCUT2D eigenvalue weighted by atomic mass is 9.94. The molecule has 1 aliphatic rings. The number of ether oxygens (including phenoxy) is 1. The molecule has 3 N–H and O–H groups in total. The van der Waals surface area contributed by atoms with Crippen LogP contribution in [0.25, 0.3) is 10.8 Å². The van der Waals surface area contributed by atoms with Crippen molar-refractivity contribution in [3.05, 3.63) is 83.6 Å². The zero-order valence-electron chi connectivity index (χ0n) is 21.5. The molecule has 4 amide bonds. The minimum absolute atomic E-state index is 0.262. The summed E-state index contributed by atoms with van der Waals surface area (Å²) in [6.45, 7) is 7.82. The third kappa shape index (κ3) is 5.74. The lowest BCUT2D eigenvalue weighted by Crippen LogP contribution is -2.48. The van der Waals surface area contributed by atoms with Crippen LogP contribution < -0.4 is 16.0 Å². The minimum atomic E-state index is -0.662. The lowest BCUT2D eigenvalue weighted by molar-refractivity contribution is -0.143. The van der Waals surface area contributed by atoms with Gasteiger partial charge in [0.1, 0.15) is 0 Å². The van der Waals surface area contributed by atoms with Gasteiger partial charge in [-0.3, -0.25) is 4.90 Å². The largest absolute Gasteiger partial charge is 0.459 e. The van der Waals surface area contributed by atoms with Crippen LogP contribution >= 0.6 is 0 Å². The van der Waals surface area contributed by atoms with Crippen LogP contribution in [-0.4, -0.2) is 35.6 Å². The number of benzene rings is 3. The average Bonchev–Trinajstić information content (AvgIpc) is 2.86. The molecule has 0 aromatic heterocycles. The van der Waals surface area contributed by atoms with Crippen molar-refractivity contribution in [1.82, 2.24) is 10.2 Å². The topological polar surface area (TPSA) is 99.8 Å². The number of nitrogens with zero attached hydrogens (tertiary/aromatic N) is 1. The van der Waals surface area contributed by atoms with Gasteiger partial charge in [0.25, 0.3) is 0 Å². The highest BCUT2D eigenvalue weighted by Gasteiger charge is 2.36. The summed E-state index contributed by atoms with van der Waals surface area (Å²) < 4.78 is 5.50. The molecule has 1 atom stereocenters. The summed E-state index contributed by atoms with van der Waals surface area (Å²) >= 11 is 0. The molecule has 1 unspecified atom stereocenters. The Morgan fingerprint density at radius 1 is 1.00 bits per heavy atom. The van der Waals surface area contributed by atoms with Crippen molar-refractivity contribution >= 4 is 40.2 Å². The first-order chi connectivity index (χ1) is 17.8. The fraction of sp³-hybridized carbons (Fsp3) is 0.276. The van der Waals surface area contributed by atoms with Gasteiger partial charge in [-0.25, -0.2) is 14.4 Å². The summed E-state index contributed by atoms with van der Waals surface area (Å²) in [5.41, 5.74) is 2.97. The van der Waals surface area contributed by atoms with Crippen LogP contribution in [-0.2, 0) is 9.53 Å². The Morgan fingerprint density at radius 2 is 1.70 bits per heavy atom.